The number of carbonyl (C=O) groups is 1. The first kappa shape index (κ1) is 23.2. The van der Waals surface area contributed by atoms with Crippen LogP contribution < -0.4 is 15.1 Å². The first-order valence-corrected chi connectivity index (χ1v) is 14.8. The third kappa shape index (κ3) is 5.51. The zero-order valence-electron chi connectivity index (χ0n) is 19.5. The number of ether oxygens (including phenoxy) is 1. The molecule has 1 amide bonds. The van der Waals surface area contributed by atoms with Crippen LogP contribution in [0.2, 0.25) is 25.2 Å². The van der Waals surface area contributed by atoms with Crippen LogP contribution in [0.15, 0.2) is 30.3 Å². The number of hydrogen-bond donors (Lipinski definition) is 1. The number of aryl methyl sites for hydroxylation is 1. The molecule has 1 aromatic heterocycles. The number of morpholine rings is 1. The van der Waals surface area contributed by atoms with Gasteiger partial charge in [-0.25, -0.2) is 4.98 Å². The number of pyridine rings is 1. The average molecular weight is 470 g/mol. The molecule has 0 saturated carbocycles. The number of non-ortho nitro benzene ring substituents is 1. The highest BCUT2D eigenvalue weighted by Crippen LogP contribution is 2.32. The summed E-state index contributed by atoms with van der Waals surface area (Å²) in [6.45, 7) is 11.1. The maximum Gasteiger partial charge on any atom is 0.271 e. The van der Waals surface area contributed by atoms with E-state index in [0.29, 0.717) is 30.3 Å². The fourth-order valence-electron chi connectivity index (χ4n) is 4.29. The lowest BCUT2D eigenvalue weighted by Crippen LogP contribution is -2.43. The van der Waals surface area contributed by atoms with Crippen molar-refractivity contribution < 1.29 is 14.5 Å². The molecular weight excluding hydrogens is 438 g/mol. The van der Waals surface area contributed by atoms with Crippen LogP contribution in [0, 0.1) is 17.0 Å². The van der Waals surface area contributed by atoms with Gasteiger partial charge in [0.2, 0.25) is 0 Å². The van der Waals surface area contributed by atoms with Gasteiger partial charge in [-0.3, -0.25) is 14.9 Å². The van der Waals surface area contributed by atoms with Gasteiger partial charge in [0.25, 0.3) is 11.6 Å². The summed E-state index contributed by atoms with van der Waals surface area (Å²) in [6, 6.07) is 10.5. The standard InChI is InChI=1S/C23H31N5O4Si/c1-17-14-21(24-22(15-17)27-6-10-32-11-7-27)25-23(29)19-5-4-18(28(30)31)16-20(19)26-8-12-33(2,3)13-9-26/h4-5,14-16H,6-13H2,1-3H3,(H,24,25,29)/q-1. The van der Waals surface area contributed by atoms with E-state index in [1.807, 2.05) is 19.1 Å². The lowest BCUT2D eigenvalue weighted by atomic mass is 10.1. The normalized spacial score (nSPS) is 18.2. The molecule has 0 unspecified atom stereocenters. The van der Waals surface area contributed by atoms with Crippen LogP contribution in [0.5, 0.6) is 0 Å². The molecule has 0 bridgehead atoms. The predicted molar refractivity (Wildman–Crippen MR) is 132 cm³/mol. The maximum absolute atomic E-state index is 13.3. The van der Waals surface area contributed by atoms with Gasteiger partial charge in [-0.05, 0) is 43.8 Å². The Morgan fingerprint density at radius 1 is 1.09 bits per heavy atom. The van der Waals surface area contributed by atoms with E-state index in [1.165, 1.54) is 12.1 Å². The third-order valence-electron chi connectivity index (χ3n) is 6.43. The Morgan fingerprint density at radius 3 is 2.45 bits per heavy atom. The molecule has 9 nitrogen and oxygen atoms in total. The van der Waals surface area contributed by atoms with Crippen LogP contribution in [0.1, 0.15) is 15.9 Å². The summed E-state index contributed by atoms with van der Waals surface area (Å²) < 4.78 is 5.42. The number of rotatable bonds is 5. The van der Waals surface area contributed by atoms with E-state index in [2.05, 4.69) is 33.2 Å². The fraction of sp³-hybridized carbons (Fsp3) is 0.478. The van der Waals surface area contributed by atoms with Crippen LogP contribution in [0.25, 0.3) is 0 Å². The zero-order valence-corrected chi connectivity index (χ0v) is 20.5. The number of anilines is 3. The highest BCUT2D eigenvalue weighted by molar-refractivity contribution is 6.77. The number of nitrogens with zero attached hydrogens (tertiary/aromatic N) is 4. The molecular formula is C23H31N5O4Si-. The summed E-state index contributed by atoms with van der Waals surface area (Å²) in [5.41, 5.74) is 2.03. The van der Waals surface area contributed by atoms with E-state index in [9.17, 15) is 14.9 Å². The van der Waals surface area contributed by atoms with Gasteiger partial charge in [0, 0.05) is 25.2 Å². The molecule has 0 radical (unpaired) electrons. The zero-order chi connectivity index (χ0) is 23.6. The first-order chi connectivity index (χ1) is 15.7. The number of hydrogen-bond acceptors (Lipinski definition) is 7. The summed E-state index contributed by atoms with van der Waals surface area (Å²) in [5, 5.41) is 14.3. The minimum Gasteiger partial charge on any atom is -0.378 e. The van der Waals surface area contributed by atoms with E-state index >= 15 is 0 Å². The summed E-state index contributed by atoms with van der Waals surface area (Å²) in [4.78, 5) is 33.2. The van der Waals surface area contributed by atoms with Crippen molar-refractivity contribution in [3.63, 3.8) is 0 Å². The minimum absolute atomic E-state index is 0.00749. The van der Waals surface area contributed by atoms with Gasteiger partial charge >= 0.3 is 0 Å². The van der Waals surface area contributed by atoms with Gasteiger partial charge in [0.1, 0.15) is 11.6 Å². The Labute approximate surface area is 194 Å². The molecule has 10 heteroatoms. The van der Waals surface area contributed by atoms with E-state index in [1.54, 1.807) is 6.07 Å². The van der Waals surface area contributed by atoms with E-state index < -0.39 is 13.0 Å². The van der Waals surface area contributed by atoms with Crippen LogP contribution in [-0.4, -0.2) is 63.3 Å². The van der Waals surface area contributed by atoms with Crippen molar-refractivity contribution in [1.29, 1.82) is 0 Å². The van der Waals surface area contributed by atoms with Gasteiger partial charge in [0.15, 0.2) is 0 Å². The fourth-order valence-corrected chi connectivity index (χ4v) is 6.29. The van der Waals surface area contributed by atoms with Crippen molar-refractivity contribution in [2.24, 2.45) is 0 Å². The second-order valence-corrected chi connectivity index (χ2v) is 14.9. The molecule has 2 aromatic rings. The van der Waals surface area contributed by atoms with E-state index in [4.69, 9.17) is 4.74 Å². The summed E-state index contributed by atoms with van der Waals surface area (Å²) in [5.74, 6) is 0.965. The second-order valence-electron chi connectivity index (χ2n) is 9.55. The van der Waals surface area contributed by atoms with Gasteiger partial charge in [0.05, 0.1) is 29.4 Å². The van der Waals surface area contributed by atoms with Gasteiger partial charge in [-0.15, -0.1) is 20.2 Å². The Morgan fingerprint density at radius 2 is 1.79 bits per heavy atom. The number of amides is 1. The molecule has 3 heterocycles. The number of carbonyl (C=O) groups excluding carboxylic acids is 1. The molecule has 2 fully saturated rings. The lowest BCUT2D eigenvalue weighted by Gasteiger charge is -2.45. The molecule has 1 aromatic carbocycles. The molecule has 1 N–H and O–H groups in total. The van der Waals surface area contributed by atoms with Gasteiger partial charge in [-0.2, -0.15) is 13.1 Å². The summed E-state index contributed by atoms with van der Waals surface area (Å²) in [6.07, 6.45) is 0. The van der Waals surface area contributed by atoms with Crippen molar-refractivity contribution >= 4 is 37.0 Å². The maximum atomic E-state index is 13.3. The topological polar surface area (TPSA) is 101 Å². The molecule has 177 valence electrons. The molecule has 2 saturated heterocycles. The molecule has 0 atom stereocenters. The second kappa shape index (κ2) is 9.48. The lowest BCUT2D eigenvalue weighted by molar-refractivity contribution is -0.384. The van der Waals surface area contributed by atoms with Gasteiger partial charge < -0.3 is 19.9 Å². The Kier molecular flexibility index (Phi) is 6.66. The van der Waals surface area contributed by atoms with Crippen LogP contribution in [0.4, 0.5) is 23.0 Å². The van der Waals surface area contributed by atoms with Gasteiger partial charge in [-0.1, -0.05) is 0 Å². The monoisotopic (exact) mass is 469 g/mol. The Hall–Kier alpha value is -2.98. The quantitative estimate of drug-likeness (QED) is 0.402. The highest BCUT2D eigenvalue weighted by atomic mass is 28.3. The number of nitrogens with one attached hydrogen (secondary N) is 1. The number of aromatic nitrogens is 1. The van der Waals surface area contributed by atoms with Crippen LogP contribution in [-0.2, 0) is 4.74 Å². The largest absolute Gasteiger partial charge is 0.378 e. The molecule has 2 aliphatic heterocycles. The summed E-state index contributed by atoms with van der Waals surface area (Å²) >= 11 is 0. The van der Waals surface area contributed by atoms with Crippen molar-refractivity contribution in [3.05, 3.63) is 51.6 Å². The van der Waals surface area contributed by atoms with E-state index in [-0.39, 0.29) is 11.6 Å². The van der Waals surface area contributed by atoms with Crippen molar-refractivity contribution in [1.82, 2.24) is 4.98 Å². The smallest absolute Gasteiger partial charge is 0.271 e. The summed E-state index contributed by atoms with van der Waals surface area (Å²) in [7, 11) is -1.24. The minimum atomic E-state index is -1.24. The van der Waals surface area contributed by atoms with Crippen LogP contribution in [0.3, 0.4) is 0 Å². The van der Waals surface area contributed by atoms with Crippen LogP contribution >= 0.6 is 0 Å². The number of benzene rings is 1. The van der Waals surface area contributed by atoms with Crippen molar-refractivity contribution in [2.75, 3.05) is 54.5 Å². The molecule has 33 heavy (non-hydrogen) atoms. The molecule has 2 aliphatic rings. The van der Waals surface area contributed by atoms with E-state index in [0.717, 1.165) is 49.6 Å². The number of nitro groups is 1. The SMILES string of the molecule is Cc1cc(NC(=O)c2ccc([N+](=O)[O-])cc2N2CC[Si-](C)(C)CC2)nc(N2CCOCC2)c1. The van der Waals surface area contributed by atoms with Crippen molar-refractivity contribution in [3.8, 4) is 0 Å². The molecule has 4 rings (SSSR count). The Bertz CT molecular complexity index is 1050. The molecule has 0 aliphatic carbocycles. The first-order valence-electron chi connectivity index (χ1n) is 11.4. The Balaban J connectivity index is 1.60. The highest BCUT2D eigenvalue weighted by Gasteiger charge is 2.25. The number of nitro benzene ring substituents is 1. The predicted octanol–water partition coefficient (Wildman–Crippen LogP) is 3.92. The van der Waals surface area contributed by atoms with Crippen molar-refractivity contribution in [2.45, 2.75) is 32.1 Å². The third-order valence-corrected chi connectivity index (χ3v) is 9.58. The average Bonchev–Trinajstić information content (AvgIpc) is 2.79. The molecule has 0 spiro atoms.